The van der Waals surface area contributed by atoms with Crippen molar-refractivity contribution in [2.24, 2.45) is 11.7 Å². The number of nitrogens with two attached hydrogens (primary N) is 1. The number of hydrogen-bond donors (Lipinski definition) is 3. The Bertz CT molecular complexity index is 490. The molecule has 1 aromatic carbocycles. The van der Waals surface area contributed by atoms with E-state index in [1.807, 2.05) is 12.1 Å². The number of hydrogen-bond acceptors (Lipinski definition) is 4. The van der Waals surface area contributed by atoms with Gasteiger partial charge < -0.3 is 21.1 Å². The molecule has 7 heteroatoms. The minimum absolute atomic E-state index is 0. The van der Waals surface area contributed by atoms with Gasteiger partial charge in [-0.3, -0.25) is 9.59 Å². The number of halogens is 1. The van der Waals surface area contributed by atoms with Gasteiger partial charge in [0.25, 0.3) is 0 Å². The van der Waals surface area contributed by atoms with Crippen LogP contribution in [0.3, 0.4) is 0 Å². The van der Waals surface area contributed by atoms with Crippen LogP contribution in [0.15, 0.2) is 24.3 Å². The summed E-state index contributed by atoms with van der Waals surface area (Å²) in [5.41, 5.74) is 5.68. The summed E-state index contributed by atoms with van der Waals surface area (Å²) < 4.78 is 5.48. The summed E-state index contributed by atoms with van der Waals surface area (Å²) in [4.78, 5) is 22.8. The molecule has 1 aromatic rings. The fraction of sp³-hybridized carbons (Fsp3) is 0.429. The Kier molecular flexibility index (Phi) is 6.98. The number of para-hydroxylation sites is 2. The molecule has 1 aliphatic rings. The largest absolute Gasteiger partial charge is 0.491 e. The standard InChI is InChI=1S/C14H19N3O3.ClH/c15-13(18)6-8-20-12-4-2-1-3-11(12)17-14(19)10-5-7-16-9-10;/h1-4,10,16H,5-9H2,(H2,15,18)(H,17,19);1H. The van der Waals surface area contributed by atoms with E-state index >= 15 is 0 Å². The maximum atomic E-state index is 12.1. The lowest BCUT2D eigenvalue weighted by molar-refractivity contribution is -0.119. The van der Waals surface area contributed by atoms with Gasteiger partial charge in [0, 0.05) is 6.54 Å². The summed E-state index contributed by atoms with van der Waals surface area (Å²) in [6.45, 7) is 1.78. The maximum absolute atomic E-state index is 12.1. The van der Waals surface area contributed by atoms with Gasteiger partial charge in [0.2, 0.25) is 11.8 Å². The van der Waals surface area contributed by atoms with Gasteiger partial charge in [-0.05, 0) is 25.1 Å². The van der Waals surface area contributed by atoms with Crippen LogP contribution >= 0.6 is 12.4 Å². The molecule has 1 aliphatic heterocycles. The number of amides is 2. The van der Waals surface area contributed by atoms with Crippen molar-refractivity contribution in [1.82, 2.24) is 5.32 Å². The molecule has 116 valence electrons. The molecule has 1 heterocycles. The lowest BCUT2D eigenvalue weighted by atomic mass is 10.1. The summed E-state index contributed by atoms with van der Waals surface area (Å²) in [6, 6.07) is 7.17. The van der Waals surface area contributed by atoms with Crippen LogP contribution in [0.25, 0.3) is 0 Å². The number of ether oxygens (including phenoxy) is 1. The number of benzene rings is 1. The number of carbonyl (C=O) groups excluding carboxylic acids is 2. The van der Waals surface area contributed by atoms with Gasteiger partial charge in [0.05, 0.1) is 24.6 Å². The number of carbonyl (C=O) groups is 2. The number of primary amides is 1. The first-order chi connectivity index (χ1) is 9.66. The van der Waals surface area contributed by atoms with Gasteiger partial charge >= 0.3 is 0 Å². The van der Waals surface area contributed by atoms with Crippen LogP contribution < -0.4 is 21.1 Å². The molecule has 0 bridgehead atoms. The molecule has 2 rings (SSSR count). The molecule has 0 aliphatic carbocycles. The monoisotopic (exact) mass is 313 g/mol. The molecular weight excluding hydrogens is 294 g/mol. The first-order valence-electron chi connectivity index (χ1n) is 6.68. The van der Waals surface area contributed by atoms with Crippen LogP contribution in [0, 0.1) is 5.92 Å². The van der Waals surface area contributed by atoms with Crippen molar-refractivity contribution in [1.29, 1.82) is 0 Å². The summed E-state index contributed by atoms with van der Waals surface area (Å²) in [5, 5.41) is 6.03. The van der Waals surface area contributed by atoms with Crippen molar-refractivity contribution < 1.29 is 14.3 Å². The summed E-state index contributed by atoms with van der Waals surface area (Å²) >= 11 is 0. The highest BCUT2D eigenvalue weighted by atomic mass is 35.5. The molecule has 0 spiro atoms. The van der Waals surface area contributed by atoms with E-state index < -0.39 is 5.91 Å². The highest BCUT2D eigenvalue weighted by molar-refractivity contribution is 5.94. The average Bonchev–Trinajstić information content (AvgIpc) is 2.94. The Labute approximate surface area is 129 Å². The Morgan fingerprint density at radius 1 is 1.38 bits per heavy atom. The van der Waals surface area contributed by atoms with Crippen molar-refractivity contribution in [3.8, 4) is 5.75 Å². The zero-order valence-electron chi connectivity index (χ0n) is 11.6. The molecule has 0 radical (unpaired) electrons. The second-order valence-corrected chi connectivity index (χ2v) is 4.74. The normalized spacial score (nSPS) is 16.9. The van der Waals surface area contributed by atoms with Crippen LogP contribution in [0.4, 0.5) is 5.69 Å². The molecule has 4 N–H and O–H groups in total. The SMILES string of the molecule is Cl.NC(=O)CCOc1ccccc1NC(=O)C1CCNC1. The molecule has 0 aromatic heterocycles. The highest BCUT2D eigenvalue weighted by Crippen LogP contribution is 2.25. The van der Waals surface area contributed by atoms with E-state index in [4.69, 9.17) is 10.5 Å². The quantitative estimate of drug-likeness (QED) is 0.727. The van der Waals surface area contributed by atoms with Crippen molar-refractivity contribution in [2.75, 3.05) is 25.0 Å². The molecule has 0 saturated carbocycles. The number of rotatable bonds is 6. The number of anilines is 1. The van der Waals surface area contributed by atoms with Crippen LogP contribution in [-0.4, -0.2) is 31.5 Å². The van der Waals surface area contributed by atoms with E-state index in [1.54, 1.807) is 12.1 Å². The lowest BCUT2D eigenvalue weighted by Gasteiger charge is -2.14. The third-order valence-corrected chi connectivity index (χ3v) is 3.18. The zero-order chi connectivity index (χ0) is 14.4. The van der Waals surface area contributed by atoms with E-state index in [-0.39, 0.29) is 37.3 Å². The summed E-state index contributed by atoms with van der Waals surface area (Å²) in [5.74, 6) is 0.117. The Hall–Kier alpha value is -1.79. The van der Waals surface area contributed by atoms with Gasteiger partial charge in [-0.25, -0.2) is 0 Å². The van der Waals surface area contributed by atoms with Gasteiger partial charge in [-0.15, -0.1) is 12.4 Å². The second-order valence-electron chi connectivity index (χ2n) is 4.74. The maximum Gasteiger partial charge on any atom is 0.228 e. The molecule has 2 amide bonds. The minimum Gasteiger partial charge on any atom is -0.491 e. The predicted molar refractivity (Wildman–Crippen MR) is 82.6 cm³/mol. The van der Waals surface area contributed by atoms with Crippen molar-refractivity contribution in [3.63, 3.8) is 0 Å². The third-order valence-electron chi connectivity index (χ3n) is 3.18. The lowest BCUT2D eigenvalue weighted by Crippen LogP contribution is -2.25. The van der Waals surface area contributed by atoms with Crippen molar-refractivity contribution >= 4 is 29.9 Å². The smallest absolute Gasteiger partial charge is 0.228 e. The Morgan fingerprint density at radius 2 is 2.14 bits per heavy atom. The summed E-state index contributed by atoms with van der Waals surface area (Å²) in [6.07, 6.45) is 0.991. The van der Waals surface area contributed by atoms with Gasteiger partial charge in [-0.2, -0.15) is 0 Å². The van der Waals surface area contributed by atoms with Crippen LogP contribution in [0.5, 0.6) is 5.75 Å². The minimum atomic E-state index is -0.413. The Morgan fingerprint density at radius 3 is 2.81 bits per heavy atom. The van der Waals surface area contributed by atoms with Crippen LogP contribution in [-0.2, 0) is 9.59 Å². The van der Waals surface area contributed by atoms with E-state index in [2.05, 4.69) is 10.6 Å². The van der Waals surface area contributed by atoms with Gasteiger partial charge in [0.1, 0.15) is 5.75 Å². The molecule has 1 unspecified atom stereocenters. The van der Waals surface area contributed by atoms with E-state index in [0.717, 1.165) is 13.0 Å². The summed E-state index contributed by atoms with van der Waals surface area (Å²) in [7, 11) is 0. The molecule has 1 fully saturated rings. The Balaban J connectivity index is 0.00000220. The molecule has 21 heavy (non-hydrogen) atoms. The van der Waals surface area contributed by atoms with Gasteiger partial charge in [-0.1, -0.05) is 12.1 Å². The highest BCUT2D eigenvalue weighted by Gasteiger charge is 2.23. The fourth-order valence-corrected chi connectivity index (χ4v) is 2.07. The average molecular weight is 314 g/mol. The van der Waals surface area contributed by atoms with Gasteiger partial charge in [0.15, 0.2) is 0 Å². The van der Waals surface area contributed by atoms with Crippen LogP contribution in [0.1, 0.15) is 12.8 Å². The first-order valence-corrected chi connectivity index (χ1v) is 6.68. The van der Waals surface area contributed by atoms with E-state index in [9.17, 15) is 9.59 Å². The van der Waals surface area contributed by atoms with E-state index in [1.165, 1.54) is 0 Å². The fourth-order valence-electron chi connectivity index (χ4n) is 2.07. The topological polar surface area (TPSA) is 93.5 Å². The first kappa shape index (κ1) is 17.3. The zero-order valence-corrected chi connectivity index (χ0v) is 12.4. The second kappa shape index (κ2) is 8.49. The van der Waals surface area contributed by atoms with Crippen molar-refractivity contribution in [2.45, 2.75) is 12.8 Å². The van der Waals surface area contributed by atoms with Crippen LogP contribution in [0.2, 0.25) is 0 Å². The molecule has 1 atom stereocenters. The number of nitrogens with one attached hydrogen (secondary N) is 2. The molecule has 1 saturated heterocycles. The van der Waals surface area contributed by atoms with E-state index in [0.29, 0.717) is 18.0 Å². The molecular formula is C14H20ClN3O3. The predicted octanol–water partition coefficient (Wildman–Crippen LogP) is 0.911. The molecule has 6 nitrogen and oxygen atoms in total. The third kappa shape index (κ3) is 5.24. The van der Waals surface area contributed by atoms with Crippen molar-refractivity contribution in [3.05, 3.63) is 24.3 Å².